The maximum atomic E-state index is 12.8. The number of nitrogens with one attached hydrogen (secondary N) is 1. The fourth-order valence-electron chi connectivity index (χ4n) is 3.74. The number of rotatable bonds is 7. The van der Waals surface area contributed by atoms with Crippen LogP contribution < -0.4 is 4.72 Å². The van der Waals surface area contributed by atoms with Gasteiger partial charge in [-0.15, -0.1) is 0 Å². The predicted molar refractivity (Wildman–Crippen MR) is 125 cm³/mol. The van der Waals surface area contributed by atoms with Gasteiger partial charge in [-0.3, -0.25) is 14.3 Å². The Morgan fingerprint density at radius 2 is 1.76 bits per heavy atom. The smallest absolute Gasteiger partial charge is 0.338 e. The van der Waals surface area contributed by atoms with Crippen LogP contribution in [0.25, 0.3) is 0 Å². The van der Waals surface area contributed by atoms with E-state index in [1.807, 2.05) is 13.0 Å². The van der Waals surface area contributed by atoms with Gasteiger partial charge in [-0.2, -0.15) is 0 Å². The van der Waals surface area contributed by atoms with E-state index in [0.717, 1.165) is 5.56 Å². The maximum absolute atomic E-state index is 12.8. The van der Waals surface area contributed by atoms with Crippen LogP contribution in [0.2, 0.25) is 0 Å². The second kappa shape index (κ2) is 10.7. The van der Waals surface area contributed by atoms with Gasteiger partial charge in [-0.25, -0.2) is 13.2 Å². The zero-order chi connectivity index (χ0) is 24.9. The van der Waals surface area contributed by atoms with E-state index in [1.54, 1.807) is 25.1 Å². The summed E-state index contributed by atoms with van der Waals surface area (Å²) in [6, 6.07) is 11.1. The summed E-state index contributed by atoms with van der Waals surface area (Å²) in [6.07, 6.45) is 0.971. The van der Waals surface area contributed by atoms with Crippen molar-refractivity contribution in [2.75, 3.05) is 31.5 Å². The highest BCUT2D eigenvalue weighted by Crippen LogP contribution is 2.21. The molecule has 1 amide bonds. The van der Waals surface area contributed by atoms with Crippen LogP contribution >= 0.6 is 0 Å². The number of amides is 1. The first-order valence-corrected chi connectivity index (χ1v) is 12.3. The average Bonchev–Trinajstić information content (AvgIpc) is 2.81. The first-order chi connectivity index (χ1) is 16.1. The van der Waals surface area contributed by atoms with E-state index in [0.29, 0.717) is 37.2 Å². The quantitative estimate of drug-likeness (QED) is 0.595. The van der Waals surface area contributed by atoms with Gasteiger partial charge in [0.2, 0.25) is 0 Å². The number of benzene rings is 2. The van der Waals surface area contributed by atoms with Gasteiger partial charge in [-0.1, -0.05) is 18.2 Å². The molecule has 1 N–H and O–H groups in total. The van der Waals surface area contributed by atoms with Gasteiger partial charge in [0.15, 0.2) is 6.61 Å². The van der Waals surface area contributed by atoms with Crippen LogP contribution in [0.5, 0.6) is 0 Å². The van der Waals surface area contributed by atoms with E-state index >= 15 is 0 Å². The molecule has 1 heterocycles. The minimum absolute atomic E-state index is 0.0596. The fourth-order valence-corrected chi connectivity index (χ4v) is 4.81. The van der Waals surface area contributed by atoms with Crippen LogP contribution in [-0.4, -0.2) is 58.0 Å². The van der Waals surface area contributed by atoms with Crippen molar-refractivity contribution in [2.24, 2.45) is 5.92 Å². The van der Waals surface area contributed by atoms with Crippen molar-refractivity contribution in [3.8, 4) is 0 Å². The SMILES string of the molecule is COC(=O)C1CCN(C(=O)COC(=O)c2cc(S(=O)(=O)Nc3cccc(C)c3)ccc2C)CC1. The summed E-state index contributed by atoms with van der Waals surface area (Å²) in [5.74, 6) is -1.69. The molecule has 0 bridgehead atoms. The molecule has 3 rings (SSSR count). The summed E-state index contributed by atoms with van der Waals surface area (Å²) in [5.41, 5.74) is 1.88. The lowest BCUT2D eigenvalue weighted by Crippen LogP contribution is -2.42. The Balaban J connectivity index is 1.63. The summed E-state index contributed by atoms with van der Waals surface area (Å²) < 4.78 is 38.0. The zero-order valence-corrected chi connectivity index (χ0v) is 20.2. The van der Waals surface area contributed by atoms with Crippen molar-refractivity contribution in [3.63, 3.8) is 0 Å². The van der Waals surface area contributed by atoms with E-state index in [-0.39, 0.29) is 28.3 Å². The Morgan fingerprint density at radius 3 is 2.41 bits per heavy atom. The number of piperidine rings is 1. The van der Waals surface area contributed by atoms with Crippen molar-refractivity contribution >= 4 is 33.6 Å². The second-order valence-corrected chi connectivity index (χ2v) is 9.89. The number of esters is 2. The Labute approximate surface area is 199 Å². The van der Waals surface area contributed by atoms with Crippen LogP contribution in [0.4, 0.5) is 5.69 Å². The lowest BCUT2D eigenvalue weighted by Gasteiger charge is -2.30. The van der Waals surface area contributed by atoms with E-state index in [1.165, 1.54) is 30.2 Å². The highest BCUT2D eigenvalue weighted by molar-refractivity contribution is 7.92. The Hall–Kier alpha value is -3.40. The molecule has 2 aromatic carbocycles. The van der Waals surface area contributed by atoms with Crippen LogP contribution in [-0.2, 0) is 29.1 Å². The minimum Gasteiger partial charge on any atom is -0.469 e. The second-order valence-electron chi connectivity index (χ2n) is 8.21. The fraction of sp³-hybridized carbons (Fsp3) is 0.375. The van der Waals surface area contributed by atoms with E-state index in [9.17, 15) is 22.8 Å². The molecule has 0 radical (unpaired) electrons. The normalized spacial score (nSPS) is 14.4. The molecule has 0 aromatic heterocycles. The zero-order valence-electron chi connectivity index (χ0n) is 19.4. The largest absolute Gasteiger partial charge is 0.469 e. The lowest BCUT2D eigenvalue weighted by atomic mass is 9.97. The summed E-state index contributed by atoms with van der Waals surface area (Å²) in [4.78, 5) is 38.2. The monoisotopic (exact) mass is 488 g/mol. The number of likely N-dealkylation sites (tertiary alicyclic amines) is 1. The molecule has 34 heavy (non-hydrogen) atoms. The van der Waals surface area contributed by atoms with Gasteiger partial charge in [0.1, 0.15) is 0 Å². The molecule has 1 aliphatic rings. The van der Waals surface area contributed by atoms with Gasteiger partial charge in [0, 0.05) is 18.8 Å². The molecule has 2 aromatic rings. The van der Waals surface area contributed by atoms with E-state index in [2.05, 4.69) is 4.72 Å². The van der Waals surface area contributed by atoms with Crippen LogP contribution in [0.1, 0.15) is 34.3 Å². The third-order valence-corrected chi connectivity index (χ3v) is 7.10. The van der Waals surface area contributed by atoms with Crippen LogP contribution in [0.15, 0.2) is 47.4 Å². The number of methoxy groups -OCH3 is 1. The summed E-state index contributed by atoms with van der Waals surface area (Å²) in [6.45, 7) is 3.77. The number of hydrogen-bond acceptors (Lipinski definition) is 7. The molecule has 0 aliphatic carbocycles. The van der Waals surface area contributed by atoms with Crippen molar-refractivity contribution in [2.45, 2.75) is 31.6 Å². The Kier molecular flexibility index (Phi) is 7.93. The highest BCUT2D eigenvalue weighted by atomic mass is 32.2. The van der Waals surface area contributed by atoms with Crippen LogP contribution in [0.3, 0.4) is 0 Å². The number of sulfonamides is 1. The van der Waals surface area contributed by atoms with Gasteiger partial charge in [0.25, 0.3) is 15.9 Å². The number of ether oxygens (including phenoxy) is 2. The molecule has 0 atom stereocenters. The highest BCUT2D eigenvalue weighted by Gasteiger charge is 2.28. The molecule has 1 saturated heterocycles. The third-order valence-electron chi connectivity index (χ3n) is 5.72. The average molecular weight is 489 g/mol. The maximum Gasteiger partial charge on any atom is 0.338 e. The topological polar surface area (TPSA) is 119 Å². The predicted octanol–water partition coefficient (Wildman–Crippen LogP) is 2.67. The van der Waals surface area contributed by atoms with E-state index in [4.69, 9.17) is 9.47 Å². The number of hydrogen-bond donors (Lipinski definition) is 1. The number of anilines is 1. The van der Waals surface area contributed by atoms with Gasteiger partial charge in [0.05, 0.1) is 23.5 Å². The molecule has 0 unspecified atom stereocenters. The molecule has 1 fully saturated rings. The molecule has 9 nitrogen and oxygen atoms in total. The minimum atomic E-state index is -3.94. The Morgan fingerprint density at radius 1 is 1.06 bits per heavy atom. The molecular formula is C24H28N2O7S. The van der Waals surface area contributed by atoms with Crippen molar-refractivity contribution < 1.29 is 32.3 Å². The van der Waals surface area contributed by atoms with Crippen molar-refractivity contribution in [3.05, 3.63) is 59.2 Å². The molecule has 182 valence electrons. The standard InChI is InChI=1S/C24H28N2O7S/c1-16-5-4-6-19(13-16)25-34(30,31)20-8-7-17(2)21(14-20)24(29)33-15-22(27)26-11-9-18(10-12-26)23(28)32-3/h4-8,13-14,18,25H,9-12,15H2,1-3H3. The Bertz CT molecular complexity index is 1190. The molecule has 10 heteroatoms. The van der Waals surface area contributed by atoms with Crippen molar-refractivity contribution in [1.29, 1.82) is 0 Å². The molecule has 1 aliphatic heterocycles. The number of aryl methyl sites for hydroxylation is 2. The van der Waals surface area contributed by atoms with E-state index < -0.39 is 22.6 Å². The first kappa shape index (κ1) is 25.2. The van der Waals surface area contributed by atoms with Crippen molar-refractivity contribution in [1.82, 2.24) is 4.90 Å². The van der Waals surface area contributed by atoms with Gasteiger partial charge < -0.3 is 14.4 Å². The molecular weight excluding hydrogens is 460 g/mol. The van der Waals surface area contributed by atoms with Gasteiger partial charge >= 0.3 is 11.9 Å². The summed E-state index contributed by atoms with van der Waals surface area (Å²) >= 11 is 0. The summed E-state index contributed by atoms with van der Waals surface area (Å²) in [5, 5.41) is 0. The first-order valence-electron chi connectivity index (χ1n) is 10.8. The lowest BCUT2D eigenvalue weighted by molar-refractivity contribution is -0.149. The number of nitrogens with zero attached hydrogens (tertiary/aromatic N) is 1. The number of carbonyl (C=O) groups excluding carboxylic acids is 3. The molecule has 0 spiro atoms. The third kappa shape index (κ3) is 6.13. The van der Waals surface area contributed by atoms with Crippen LogP contribution in [0, 0.1) is 19.8 Å². The van der Waals surface area contributed by atoms with Gasteiger partial charge in [-0.05, 0) is 62.1 Å². The summed E-state index contributed by atoms with van der Waals surface area (Å²) in [7, 11) is -2.60. The number of carbonyl (C=O) groups is 3. The molecule has 0 saturated carbocycles.